The number of rotatable bonds is 22. The molecule has 0 bridgehead atoms. The second kappa shape index (κ2) is 64.3. The summed E-state index contributed by atoms with van der Waals surface area (Å²) < 4.78 is 30.0. The fourth-order valence-corrected chi connectivity index (χ4v) is 12.0. The predicted molar refractivity (Wildman–Crippen MR) is 500 cm³/mol. The molecule has 12 rings (SSSR count). The molecule has 40 heteroatoms. The van der Waals surface area contributed by atoms with Crippen LogP contribution in [0.2, 0.25) is 0 Å². The summed E-state index contributed by atoms with van der Waals surface area (Å²) in [6.07, 6.45) is 3.70. The Labute approximate surface area is 791 Å². The Kier molecular flexibility index (Phi) is 59.7. The molecule has 10 aromatic carbocycles. The van der Waals surface area contributed by atoms with Crippen LogP contribution in [0.5, 0.6) is 0 Å². The van der Waals surface area contributed by atoms with E-state index in [1.54, 1.807) is 105 Å². The summed E-state index contributed by atoms with van der Waals surface area (Å²) in [6.45, 7) is 5.60. The van der Waals surface area contributed by atoms with Gasteiger partial charge in [0.2, 0.25) is 0 Å². The number of esters is 4. The van der Waals surface area contributed by atoms with E-state index >= 15 is 0 Å². The monoisotopic (exact) mass is 1990 g/mol. The number of fused-ring (bicyclic) bond motifs is 2. The average Bonchev–Trinajstić information content (AvgIpc) is 1.27. The summed E-state index contributed by atoms with van der Waals surface area (Å²) in [6, 6.07) is 54.6. The van der Waals surface area contributed by atoms with Crippen LogP contribution >= 0.6 is 38.5 Å². The molecular formula is C91H105BBrILiN5O31. The van der Waals surface area contributed by atoms with E-state index in [4.69, 9.17) is 62.0 Å². The van der Waals surface area contributed by atoms with E-state index in [0.717, 1.165) is 55.2 Å². The minimum absolute atomic E-state index is 0. The molecule has 1 amide bonds. The molecule has 0 aliphatic carbocycles. The predicted octanol–water partition coefficient (Wildman–Crippen LogP) is 12.4. The third kappa shape index (κ3) is 38.4. The number of aromatic carboxylic acids is 5. The molecule has 1 saturated heterocycles. The molecule has 0 spiro atoms. The number of anilines is 2. The van der Waals surface area contributed by atoms with Gasteiger partial charge in [-0.15, -0.1) is 0 Å². The smallest absolute Gasteiger partial charge is 0.870 e. The summed E-state index contributed by atoms with van der Waals surface area (Å²) in [5, 5.41) is 106. The summed E-state index contributed by atoms with van der Waals surface area (Å²) in [4.78, 5) is 145. The van der Waals surface area contributed by atoms with Gasteiger partial charge in [0.25, 0.3) is 23.0 Å². The Morgan fingerprint density at radius 3 is 1.21 bits per heavy atom. The fourth-order valence-electron chi connectivity index (χ4n) is 11.5. The number of nitro benzene ring substituents is 3. The Balaban J connectivity index is -0.000000727. The van der Waals surface area contributed by atoms with Gasteiger partial charge >= 0.3 is 79.7 Å². The summed E-state index contributed by atoms with van der Waals surface area (Å²) in [5.74, 6) is -7.75. The van der Waals surface area contributed by atoms with Gasteiger partial charge in [0.05, 0.1) is 97.7 Å². The molecule has 0 atom stereocenters. The first-order chi connectivity index (χ1) is 59.7. The van der Waals surface area contributed by atoms with Crippen molar-refractivity contribution < 1.29 is 158 Å². The van der Waals surface area contributed by atoms with Crippen LogP contribution in [0.1, 0.15) is 211 Å². The Bertz CT molecular complexity index is 5490. The number of nitrogens with one attached hydrogen (secondary N) is 1. The van der Waals surface area contributed by atoms with Crippen molar-refractivity contribution in [2.75, 3.05) is 63.7 Å². The van der Waals surface area contributed by atoms with Gasteiger partial charge in [0.1, 0.15) is 0 Å². The number of nitrogens with two attached hydrogens (primary N) is 1. The van der Waals surface area contributed by atoms with Crippen molar-refractivity contribution in [1.82, 2.24) is 0 Å². The zero-order chi connectivity index (χ0) is 93.0. The zero-order valence-corrected chi connectivity index (χ0v) is 72.8. The molecule has 36 nitrogen and oxygen atoms in total. The average molecular weight is 1990 g/mol. The zero-order valence-electron chi connectivity index (χ0n) is 70.0. The Morgan fingerprint density at radius 2 is 0.824 bits per heavy atom. The molecule has 0 unspecified atom stereocenters. The number of amides is 1. The van der Waals surface area contributed by atoms with Crippen molar-refractivity contribution in [3.8, 4) is 0 Å². The molecule has 0 aromatic heterocycles. The van der Waals surface area contributed by atoms with Crippen molar-refractivity contribution in [2.24, 2.45) is 0 Å². The van der Waals surface area contributed by atoms with Crippen LogP contribution in [0, 0.1) is 30.3 Å². The number of carbonyl (C=O) groups is 10. The van der Waals surface area contributed by atoms with Gasteiger partial charge in [-0.05, 0) is 143 Å². The van der Waals surface area contributed by atoms with Gasteiger partial charge in [-0.1, -0.05) is 190 Å². The number of carboxylic acid groups (broad SMARTS) is 5. The van der Waals surface area contributed by atoms with Gasteiger partial charge in [-0.25, -0.2) is 43.2 Å². The fraction of sp³-hybridized carbons (Fsp3) is 0.231. The second-order valence-electron chi connectivity index (χ2n) is 25.2. The van der Waals surface area contributed by atoms with Crippen LogP contribution in [-0.4, -0.2) is 186 Å². The number of nitrogen functional groups attached to an aromatic ring is 1. The van der Waals surface area contributed by atoms with Crippen LogP contribution in [0.25, 0.3) is 0 Å². The number of alkyl halides is 2. The summed E-state index contributed by atoms with van der Waals surface area (Å²) >= 11 is 5.25. The molecule has 2 heterocycles. The molecule has 0 saturated carbocycles. The van der Waals surface area contributed by atoms with Gasteiger partial charge in [-0.2, -0.15) is 0 Å². The minimum Gasteiger partial charge on any atom is -0.870 e. The topological polar surface area (TPSA) is 608 Å². The van der Waals surface area contributed by atoms with E-state index in [0.29, 0.717) is 79.0 Å². The number of hydrogen-bond acceptors (Lipinski definition) is 26. The Morgan fingerprint density at radius 1 is 0.481 bits per heavy atom. The quantitative estimate of drug-likeness (QED) is 0.00440. The van der Waals surface area contributed by atoms with Gasteiger partial charge in [0.15, 0.2) is 0 Å². The number of carbonyl (C=O) groups excluding carboxylic acids is 5. The van der Waals surface area contributed by atoms with E-state index in [1.807, 2.05) is 59.0 Å². The van der Waals surface area contributed by atoms with Crippen molar-refractivity contribution in [2.45, 2.75) is 87.4 Å². The maximum atomic E-state index is 12.1. The molecule has 2 aliphatic rings. The number of ether oxygens (including phenoxy) is 5. The maximum Gasteiger partial charge on any atom is 1.00 e. The van der Waals surface area contributed by atoms with Gasteiger partial charge in [0, 0.05) is 99.0 Å². The number of carboxylic acids is 5. The van der Waals surface area contributed by atoms with Crippen LogP contribution in [-0.2, 0) is 54.7 Å². The number of nitro groups is 3. The third-order valence-corrected chi connectivity index (χ3v) is 18.0. The SMILES string of the molecule is C.C.C.C.C1CCOC1.CCOC(=O)c1ccc(B(O)O)c([N+](=O)[O-])c1.CCOC(=O)c1ccc(Cc2ccccc2C(=O)OC)c([N+](=O)[O-])c1.CO.COC(=O)c1ccccc1CBr.Nc1cc(C(=O)O)ccc1Cc1ccccc1C(=O)O.O.O=C(O)c1ccc(Cc2ccccc2C(=O)O)c([N+](=O)[O-])c1.O=C(O)c1ccc2c(c1)NC(=O)c1ccccc1C2.[2H]CI.[Li+].[OH-]. The summed E-state index contributed by atoms with van der Waals surface area (Å²) in [7, 11) is 1.69. The number of benzene rings is 10. The minimum atomic E-state index is -1.97. The molecule has 0 radical (unpaired) electrons. The van der Waals surface area contributed by atoms with Crippen molar-refractivity contribution in [3.05, 3.63) is 348 Å². The third-order valence-electron chi connectivity index (χ3n) is 17.4. The van der Waals surface area contributed by atoms with Crippen LogP contribution in [0.4, 0.5) is 28.4 Å². The first-order valence-corrected chi connectivity index (χ1v) is 39.4. The molecule has 14 N–H and O–H groups in total. The number of nitrogens with zero attached hydrogens (tertiary/aromatic N) is 3. The number of aliphatic hydroxyl groups is 1. The number of halogens is 2. The van der Waals surface area contributed by atoms with E-state index in [1.165, 1.54) is 93.8 Å². The van der Waals surface area contributed by atoms with Crippen LogP contribution < -0.4 is 35.4 Å². The van der Waals surface area contributed by atoms with E-state index in [9.17, 15) is 78.3 Å². The van der Waals surface area contributed by atoms with Gasteiger partial charge in [-0.3, -0.25) is 35.1 Å². The normalized spacial score (nSPS) is 10.3. The van der Waals surface area contributed by atoms with Crippen molar-refractivity contribution in [1.29, 1.82) is 0 Å². The molecule has 1 fully saturated rings. The van der Waals surface area contributed by atoms with E-state index in [-0.39, 0.29) is 159 Å². The standard InChI is InChI=1S/C18H17NO6.C15H11NO6.C15H13NO4.C15H11NO3.C9H10BNO6.C9H9BrO2.C4H8O.CH3I.CH4O.4CH4.Li.2H2O/c1-3-25-17(20)14-9-8-13(16(11-14)19(22)23)10-12-6-4-5-7-15(12)18(21)24-2;17-14(18)11-6-5-10(13(8-11)16(21)22)7-9-3-1-2-4-12(9)15(19)20;16-13-8-11(14(17)18)6-5-10(13)7-9-3-1-2-4-12(9)15(19)20;17-14-12-4-2-1-3-9(12)7-10-5-6-11(15(18)19)8-13(10)16-14;1-2-17-9(12)6-3-4-7(10(13)14)8(5-6)11(15)16;1-12-9(11)8-5-3-2-4-7(8)6-10;1-2-4-5-3-1;2*1-2;;;;;;;/h4-9,11H,3,10H2,1-2H3;1-6,8H,7H2,(H,17,18)(H,19,20);1-6,8H,7,16H2,(H,17,18)(H,19,20);1-6,8H,7H2,(H,16,17)(H,18,19);3-5,13-14H,2H2,1H3;2-5H,6H2,1H3;1-4H2;1H3;2H,1H3;4*1H4;;2*1H2/q;;;;;;;;;;;;;+1;;/p-1/i;;;;;;;1D;;;;;;;;. The van der Waals surface area contributed by atoms with Crippen LogP contribution in [0.3, 0.4) is 0 Å². The molecule has 2 aliphatic heterocycles. The van der Waals surface area contributed by atoms with E-state index in [2.05, 4.69) is 30.7 Å². The molecule has 131 heavy (non-hydrogen) atoms. The first kappa shape index (κ1) is 122. The van der Waals surface area contributed by atoms with Crippen molar-refractivity contribution in [3.63, 3.8) is 0 Å². The largest absolute Gasteiger partial charge is 1.00 e. The van der Waals surface area contributed by atoms with E-state index < -0.39 is 75.3 Å². The number of aliphatic hydroxyl groups excluding tert-OH is 1. The number of hydrogen-bond donors (Lipinski definition) is 10. The van der Waals surface area contributed by atoms with Gasteiger partial charge < -0.3 is 86.4 Å². The second-order valence-corrected chi connectivity index (χ2v) is 25.8. The first-order valence-electron chi connectivity index (χ1n) is 37.4. The number of methoxy groups -OCH3 is 2. The molecule has 10 aromatic rings. The molecular weight excluding hydrogens is 1880 g/mol. The summed E-state index contributed by atoms with van der Waals surface area (Å²) in [5.41, 5.74) is 13.2. The van der Waals surface area contributed by atoms with Crippen molar-refractivity contribution >= 4 is 139 Å². The maximum absolute atomic E-state index is 12.1. The molecule has 698 valence electrons. The Hall–Kier alpha value is -13.5. The van der Waals surface area contributed by atoms with Crippen LogP contribution in [0.15, 0.2) is 212 Å².